The van der Waals surface area contributed by atoms with Gasteiger partial charge in [0.25, 0.3) is 0 Å². The van der Waals surface area contributed by atoms with Crippen molar-refractivity contribution in [1.29, 1.82) is 0 Å². The van der Waals surface area contributed by atoms with Gasteiger partial charge < -0.3 is 14.8 Å². The van der Waals surface area contributed by atoms with Crippen LogP contribution in [-0.4, -0.2) is 23.1 Å². The van der Waals surface area contributed by atoms with Crippen molar-refractivity contribution in [1.82, 2.24) is 9.36 Å². The fraction of sp³-hybridized carbons (Fsp3) is 0.222. The molecule has 0 saturated heterocycles. The van der Waals surface area contributed by atoms with Crippen LogP contribution in [0.3, 0.4) is 0 Å². The molecule has 0 fully saturated rings. The Morgan fingerprint density at radius 3 is 2.68 bits per heavy atom. The van der Waals surface area contributed by atoms with E-state index >= 15 is 0 Å². The van der Waals surface area contributed by atoms with E-state index in [2.05, 4.69) is 14.7 Å². The first-order valence-corrected chi connectivity index (χ1v) is 8.57. The van der Waals surface area contributed by atoms with Crippen molar-refractivity contribution in [3.63, 3.8) is 0 Å². The third kappa shape index (κ3) is 4.98. The number of hydrogen-bond acceptors (Lipinski definition) is 6. The molecule has 0 saturated carbocycles. The minimum Gasteiger partial charge on any atom is -0.489 e. The third-order valence-corrected chi connectivity index (χ3v) is 4.12. The van der Waals surface area contributed by atoms with Gasteiger partial charge in [0, 0.05) is 36.3 Å². The molecule has 0 amide bonds. The van der Waals surface area contributed by atoms with Gasteiger partial charge in [-0.1, -0.05) is 18.2 Å². The Hall–Kier alpha value is -2.51. The Bertz CT molecular complexity index is 808. The average molecular weight is 359 g/mol. The fourth-order valence-electron chi connectivity index (χ4n) is 2.13. The predicted octanol–water partition coefficient (Wildman–Crippen LogP) is 4.19. The number of halogens is 1. The summed E-state index contributed by atoms with van der Waals surface area (Å²) in [6.45, 7) is 0.795. The first-order chi connectivity index (χ1) is 12.2. The van der Waals surface area contributed by atoms with Crippen molar-refractivity contribution in [2.45, 2.75) is 13.0 Å². The van der Waals surface area contributed by atoms with Gasteiger partial charge in [-0.25, -0.2) is 9.37 Å². The van der Waals surface area contributed by atoms with Crippen LogP contribution in [0.4, 0.5) is 15.2 Å². The van der Waals surface area contributed by atoms with Crippen molar-refractivity contribution in [2.24, 2.45) is 0 Å². The van der Waals surface area contributed by atoms with Gasteiger partial charge >= 0.3 is 0 Å². The number of benzene rings is 2. The molecule has 1 N–H and O–H groups in total. The maximum Gasteiger partial charge on any atom is 0.207 e. The van der Waals surface area contributed by atoms with Crippen LogP contribution in [0.1, 0.15) is 11.4 Å². The standard InChI is InChI=1S/C18H18FN3O2S/c1-23-11-10-17-21-18(25-22-17)20-14-6-8-15(9-7-14)24-12-13-4-2-3-5-16(13)19/h2-9H,10-12H2,1H3,(H,20,21,22). The van der Waals surface area contributed by atoms with Gasteiger partial charge in [-0.05, 0) is 30.3 Å². The van der Waals surface area contributed by atoms with Crippen LogP contribution < -0.4 is 10.1 Å². The molecule has 3 aromatic rings. The van der Waals surface area contributed by atoms with E-state index in [0.29, 0.717) is 24.3 Å². The van der Waals surface area contributed by atoms with Gasteiger partial charge in [-0.15, -0.1) is 0 Å². The number of nitrogens with one attached hydrogen (secondary N) is 1. The normalized spacial score (nSPS) is 10.6. The summed E-state index contributed by atoms with van der Waals surface area (Å²) in [6.07, 6.45) is 0.692. The van der Waals surface area contributed by atoms with E-state index in [4.69, 9.17) is 9.47 Å². The highest BCUT2D eigenvalue weighted by molar-refractivity contribution is 7.09. The molecule has 1 heterocycles. The Morgan fingerprint density at radius 1 is 1.12 bits per heavy atom. The lowest BCUT2D eigenvalue weighted by Crippen LogP contribution is -1.98. The molecule has 0 aliphatic carbocycles. The topological polar surface area (TPSA) is 56.3 Å². The summed E-state index contributed by atoms with van der Waals surface area (Å²) in [7, 11) is 1.65. The molecule has 0 aliphatic rings. The van der Waals surface area contributed by atoms with Gasteiger partial charge in [0.15, 0.2) is 0 Å². The maximum absolute atomic E-state index is 13.6. The van der Waals surface area contributed by atoms with Crippen molar-refractivity contribution in [3.8, 4) is 5.75 Å². The highest BCUT2D eigenvalue weighted by atomic mass is 32.1. The summed E-state index contributed by atoms with van der Waals surface area (Å²) in [5.41, 5.74) is 1.41. The van der Waals surface area contributed by atoms with Crippen LogP contribution in [0.15, 0.2) is 48.5 Å². The van der Waals surface area contributed by atoms with Gasteiger partial charge in [-0.2, -0.15) is 4.37 Å². The molecule has 0 radical (unpaired) electrons. The first kappa shape index (κ1) is 17.3. The van der Waals surface area contributed by atoms with Crippen molar-refractivity contribution >= 4 is 22.4 Å². The Labute approximate surface area is 149 Å². The van der Waals surface area contributed by atoms with Crippen LogP contribution >= 0.6 is 11.5 Å². The monoisotopic (exact) mass is 359 g/mol. The molecule has 1 aromatic heterocycles. The second-order valence-corrected chi connectivity index (χ2v) is 6.04. The number of nitrogens with zero attached hydrogens (tertiary/aromatic N) is 2. The Kier molecular flexibility index (Phi) is 5.92. The summed E-state index contributed by atoms with van der Waals surface area (Å²) >= 11 is 1.31. The second-order valence-electron chi connectivity index (χ2n) is 5.29. The van der Waals surface area contributed by atoms with Crippen LogP contribution in [0.5, 0.6) is 5.75 Å². The smallest absolute Gasteiger partial charge is 0.207 e. The summed E-state index contributed by atoms with van der Waals surface area (Å²) in [4.78, 5) is 4.39. The average Bonchev–Trinajstić information content (AvgIpc) is 3.08. The van der Waals surface area contributed by atoms with Gasteiger partial charge in [0.05, 0.1) is 6.61 Å². The lowest BCUT2D eigenvalue weighted by molar-refractivity contribution is 0.201. The quantitative estimate of drug-likeness (QED) is 0.654. The molecule has 130 valence electrons. The molecule has 0 aliphatic heterocycles. The summed E-state index contributed by atoms with van der Waals surface area (Å²) in [5.74, 6) is 1.17. The SMILES string of the molecule is COCCc1nsc(Nc2ccc(OCc3ccccc3F)cc2)n1. The maximum atomic E-state index is 13.6. The Morgan fingerprint density at radius 2 is 1.92 bits per heavy atom. The number of aromatic nitrogens is 2. The van der Waals surface area contributed by atoms with Crippen molar-refractivity contribution in [2.75, 3.05) is 19.0 Å². The molecule has 0 bridgehead atoms. The second kappa shape index (κ2) is 8.55. The summed E-state index contributed by atoms with van der Waals surface area (Å²) in [5, 5.41) is 3.93. The highest BCUT2D eigenvalue weighted by Crippen LogP contribution is 2.22. The summed E-state index contributed by atoms with van der Waals surface area (Å²) in [6, 6.07) is 14.0. The zero-order valence-electron chi connectivity index (χ0n) is 13.7. The molecule has 7 heteroatoms. The van der Waals surface area contributed by atoms with E-state index in [1.165, 1.54) is 17.6 Å². The predicted molar refractivity (Wildman–Crippen MR) is 95.9 cm³/mol. The van der Waals surface area contributed by atoms with Crippen LogP contribution in [-0.2, 0) is 17.8 Å². The van der Waals surface area contributed by atoms with E-state index in [1.54, 1.807) is 25.3 Å². The molecular weight excluding hydrogens is 341 g/mol. The molecule has 5 nitrogen and oxygen atoms in total. The van der Waals surface area contributed by atoms with E-state index in [-0.39, 0.29) is 12.4 Å². The van der Waals surface area contributed by atoms with E-state index in [9.17, 15) is 4.39 Å². The lowest BCUT2D eigenvalue weighted by Gasteiger charge is -2.08. The molecule has 2 aromatic carbocycles. The minimum atomic E-state index is -0.263. The summed E-state index contributed by atoms with van der Waals surface area (Å²) < 4.78 is 28.5. The van der Waals surface area contributed by atoms with E-state index < -0.39 is 0 Å². The van der Waals surface area contributed by atoms with Gasteiger partial charge in [0.2, 0.25) is 5.13 Å². The fourth-order valence-corrected chi connectivity index (χ4v) is 2.77. The highest BCUT2D eigenvalue weighted by Gasteiger charge is 2.05. The zero-order valence-corrected chi connectivity index (χ0v) is 14.6. The third-order valence-electron chi connectivity index (χ3n) is 3.46. The van der Waals surface area contributed by atoms with Gasteiger partial charge in [-0.3, -0.25) is 0 Å². The molecule has 3 rings (SSSR count). The number of methoxy groups -OCH3 is 1. The van der Waals surface area contributed by atoms with Crippen LogP contribution in [0.25, 0.3) is 0 Å². The van der Waals surface area contributed by atoms with Crippen molar-refractivity contribution in [3.05, 3.63) is 65.7 Å². The first-order valence-electron chi connectivity index (χ1n) is 7.79. The lowest BCUT2D eigenvalue weighted by atomic mass is 10.2. The molecular formula is C18H18FN3O2S. The molecule has 25 heavy (non-hydrogen) atoms. The zero-order chi connectivity index (χ0) is 17.5. The molecule has 0 atom stereocenters. The number of ether oxygens (including phenoxy) is 2. The van der Waals surface area contributed by atoms with E-state index in [1.807, 2.05) is 24.3 Å². The number of rotatable bonds is 8. The number of hydrogen-bond donors (Lipinski definition) is 1. The van der Waals surface area contributed by atoms with Gasteiger partial charge in [0.1, 0.15) is 24.0 Å². The van der Waals surface area contributed by atoms with Crippen LogP contribution in [0, 0.1) is 5.82 Å². The van der Waals surface area contributed by atoms with Crippen LogP contribution in [0.2, 0.25) is 0 Å². The number of anilines is 2. The molecule has 0 spiro atoms. The largest absolute Gasteiger partial charge is 0.489 e. The van der Waals surface area contributed by atoms with Crippen molar-refractivity contribution < 1.29 is 13.9 Å². The minimum absolute atomic E-state index is 0.193. The Balaban J connectivity index is 1.55. The molecule has 0 unspecified atom stereocenters. The van der Waals surface area contributed by atoms with E-state index in [0.717, 1.165) is 16.6 Å².